The third-order valence-electron chi connectivity index (χ3n) is 4.41. The Bertz CT molecular complexity index is 859. The van der Waals surface area contributed by atoms with Crippen molar-refractivity contribution in [1.82, 2.24) is 0 Å². The smallest absolute Gasteiger partial charge is 0.304 e. The number of rotatable bonds is 8. The number of carbonyl (C=O) groups is 2. The number of carboxylic acids is 1. The molecule has 1 fully saturated rings. The Morgan fingerprint density at radius 2 is 2.00 bits per heavy atom. The number of thioether (sulfide) groups is 1. The Morgan fingerprint density at radius 1 is 1.19 bits per heavy atom. The molecule has 1 aliphatic carbocycles. The summed E-state index contributed by atoms with van der Waals surface area (Å²) in [5.41, 5.74) is 1.87. The third-order valence-corrected chi connectivity index (χ3v) is 5.44. The molecule has 27 heavy (non-hydrogen) atoms. The van der Waals surface area contributed by atoms with E-state index in [4.69, 9.17) is 5.11 Å². The molecule has 1 amide bonds. The lowest BCUT2D eigenvalue weighted by molar-refractivity contribution is -0.136. The van der Waals surface area contributed by atoms with Gasteiger partial charge in [-0.25, -0.2) is 8.78 Å². The highest BCUT2D eigenvalue weighted by atomic mass is 32.2. The van der Waals surface area contributed by atoms with Gasteiger partial charge in [0.1, 0.15) is 11.6 Å². The second-order valence-corrected chi connectivity index (χ2v) is 7.61. The highest BCUT2D eigenvalue weighted by Crippen LogP contribution is 2.49. The largest absolute Gasteiger partial charge is 0.481 e. The van der Waals surface area contributed by atoms with E-state index in [2.05, 4.69) is 5.32 Å². The van der Waals surface area contributed by atoms with Gasteiger partial charge in [-0.1, -0.05) is 12.1 Å². The van der Waals surface area contributed by atoms with Gasteiger partial charge in [0.15, 0.2) is 0 Å². The number of hydrogen-bond donors (Lipinski definition) is 2. The molecule has 0 radical (unpaired) electrons. The molecule has 7 heteroatoms. The summed E-state index contributed by atoms with van der Waals surface area (Å²) in [4.78, 5) is 22.9. The number of aliphatic carboxylic acids is 1. The van der Waals surface area contributed by atoms with Crippen LogP contribution in [0.2, 0.25) is 0 Å². The van der Waals surface area contributed by atoms with Crippen molar-refractivity contribution < 1.29 is 23.5 Å². The maximum atomic E-state index is 13.8. The summed E-state index contributed by atoms with van der Waals surface area (Å²) in [6, 6.07) is 10.6. The van der Waals surface area contributed by atoms with Crippen molar-refractivity contribution >= 4 is 29.3 Å². The summed E-state index contributed by atoms with van der Waals surface area (Å²) in [6.45, 7) is 0. The maximum Gasteiger partial charge on any atom is 0.304 e. The molecule has 0 aliphatic heterocycles. The molecule has 3 rings (SSSR count). The van der Waals surface area contributed by atoms with E-state index < -0.39 is 17.6 Å². The predicted molar refractivity (Wildman–Crippen MR) is 101 cm³/mol. The van der Waals surface area contributed by atoms with Gasteiger partial charge < -0.3 is 10.4 Å². The van der Waals surface area contributed by atoms with Crippen LogP contribution in [-0.2, 0) is 15.3 Å². The van der Waals surface area contributed by atoms with E-state index in [9.17, 15) is 18.4 Å². The zero-order valence-corrected chi connectivity index (χ0v) is 15.3. The zero-order chi connectivity index (χ0) is 19.4. The number of amides is 1. The molecule has 2 atom stereocenters. The quantitative estimate of drug-likeness (QED) is 0.654. The SMILES string of the molecule is O=C(O)CCSCc1cccc(NC(=O)C2CC2c2cc(F)ccc2F)c1. The van der Waals surface area contributed by atoms with Crippen molar-refractivity contribution in [2.24, 2.45) is 5.92 Å². The van der Waals surface area contributed by atoms with Crippen molar-refractivity contribution in [3.63, 3.8) is 0 Å². The molecule has 0 aromatic heterocycles. The minimum atomic E-state index is -0.822. The van der Waals surface area contributed by atoms with Crippen LogP contribution >= 0.6 is 11.8 Å². The number of carboxylic acid groups (broad SMARTS) is 1. The molecule has 2 aromatic rings. The second-order valence-electron chi connectivity index (χ2n) is 6.50. The normalized spacial score (nSPS) is 18.1. The minimum absolute atomic E-state index is 0.112. The first-order chi connectivity index (χ1) is 12.9. The average Bonchev–Trinajstić information content (AvgIpc) is 3.42. The number of carbonyl (C=O) groups excluding carboxylic acids is 1. The van der Waals surface area contributed by atoms with Gasteiger partial charge in [-0.2, -0.15) is 11.8 Å². The van der Waals surface area contributed by atoms with Crippen LogP contribution in [0.15, 0.2) is 42.5 Å². The number of anilines is 1. The first-order valence-electron chi connectivity index (χ1n) is 8.58. The van der Waals surface area contributed by atoms with E-state index in [1.54, 1.807) is 6.07 Å². The Balaban J connectivity index is 1.55. The van der Waals surface area contributed by atoms with Crippen LogP contribution in [-0.4, -0.2) is 22.7 Å². The van der Waals surface area contributed by atoms with Gasteiger partial charge in [-0.05, 0) is 53.8 Å². The van der Waals surface area contributed by atoms with E-state index in [0.717, 1.165) is 23.8 Å². The van der Waals surface area contributed by atoms with E-state index >= 15 is 0 Å². The summed E-state index contributed by atoms with van der Waals surface area (Å²) in [5, 5.41) is 11.5. The zero-order valence-electron chi connectivity index (χ0n) is 14.5. The Morgan fingerprint density at radius 3 is 2.78 bits per heavy atom. The second kappa shape index (κ2) is 8.52. The molecule has 1 saturated carbocycles. The van der Waals surface area contributed by atoms with Crippen molar-refractivity contribution in [3.8, 4) is 0 Å². The fourth-order valence-electron chi connectivity index (χ4n) is 2.95. The molecule has 2 N–H and O–H groups in total. The summed E-state index contributed by atoms with van der Waals surface area (Å²) < 4.78 is 27.2. The number of benzene rings is 2. The van der Waals surface area contributed by atoms with E-state index in [1.807, 2.05) is 18.2 Å². The molecule has 2 unspecified atom stereocenters. The van der Waals surface area contributed by atoms with Gasteiger partial charge >= 0.3 is 5.97 Å². The third kappa shape index (κ3) is 5.29. The maximum absolute atomic E-state index is 13.8. The highest BCUT2D eigenvalue weighted by molar-refractivity contribution is 7.98. The summed E-state index contributed by atoms with van der Waals surface area (Å²) in [7, 11) is 0. The van der Waals surface area contributed by atoms with Crippen LogP contribution in [0.5, 0.6) is 0 Å². The van der Waals surface area contributed by atoms with Crippen LogP contribution in [0.1, 0.15) is 29.9 Å². The van der Waals surface area contributed by atoms with E-state index in [0.29, 0.717) is 23.6 Å². The van der Waals surface area contributed by atoms with Gasteiger partial charge in [-0.3, -0.25) is 9.59 Å². The fourth-order valence-corrected chi connectivity index (χ4v) is 3.83. The number of halogens is 2. The molecule has 2 aromatic carbocycles. The van der Waals surface area contributed by atoms with Gasteiger partial charge in [0, 0.05) is 23.1 Å². The molecule has 142 valence electrons. The first kappa shape index (κ1) is 19.4. The topological polar surface area (TPSA) is 66.4 Å². The van der Waals surface area contributed by atoms with Gasteiger partial charge in [0.05, 0.1) is 6.42 Å². The van der Waals surface area contributed by atoms with Crippen LogP contribution in [0.4, 0.5) is 14.5 Å². The Kier molecular flexibility index (Phi) is 6.11. The van der Waals surface area contributed by atoms with Gasteiger partial charge in [0.2, 0.25) is 5.91 Å². The molecule has 1 aliphatic rings. The average molecular weight is 391 g/mol. The Labute approximate surface area is 160 Å². The van der Waals surface area contributed by atoms with Crippen molar-refractivity contribution in [3.05, 3.63) is 65.2 Å². The lowest BCUT2D eigenvalue weighted by Gasteiger charge is -2.08. The summed E-state index contributed by atoms with van der Waals surface area (Å²) >= 11 is 1.51. The minimum Gasteiger partial charge on any atom is -0.481 e. The van der Waals surface area contributed by atoms with Crippen molar-refractivity contribution in [2.45, 2.75) is 24.5 Å². The highest BCUT2D eigenvalue weighted by Gasteiger charge is 2.45. The standard InChI is InChI=1S/C20H19F2NO3S/c21-13-4-5-18(22)16(9-13)15-10-17(15)20(26)23-14-3-1-2-12(8-14)11-27-7-6-19(24)25/h1-5,8-9,15,17H,6-7,10-11H2,(H,23,26)(H,24,25). The van der Waals surface area contributed by atoms with Gasteiger partial charge in [-0.15, -0.1) is 0 Å². The van der Waals surface area contributed by atoms with Crippen LogP contribution in [0.3, 0.4) is 0 Å². The number of hydrogen-bond acceptors (Lipinski definition) is 3. The van der Waals surface area contributed by atoms with Crippen LogP contribution in [0, 0.1) is 17.6 Å². The van der Waals surface area contributed by atoms with E-state index in [1.165, 1.54) is 11.8 Å². The Hall–Kier alpha value is -2.41. The van der Waals surface area contributed by atoms with Crippen molar-refractivity contribution in [2.75, 3.05) is 11.1 Å². The molecule has 0 heterocycles. The molecule has 0 bridgehead atoms. The molecule has 4 nitrogen and oxygen atoms in total. The molecular weight excluding hydrogens is 372 g/mol. The monoisotopic (exact) mass is 391 g/mol. The lowest BCUT2D eigenvalue weighted by atomic mass is 10.1. The first-order valence-corrected chi connectivity index (χ1v) is 9.74. The predicted octanol–water partition coefficient (Wildman–Crippen LogP) is 4.41. The van der Waals surface area contributed by atoms with E-state index in [-0.39, 0.29) is 29.7 Å². The molecule has 0 saturated heterocycles. The lowest BCUT2D eigenvalue weighted by Crippen LogP contribution is -2.14. The fraction of sp³-hybridized carbons (Fsp3) is 0.300. The van der Waals surface area contributed by atoms with Crippen LogP contribution < -0.4 is 5.32 Å². The summed E-state index contributed by atoms with van der Waals surface area (Å²) in [5.74, 6) is -1.52. The van der Waals surface area contributed by atoms with Crippen LogP contribution in [0.25, 0.3) is 0 Å². The van der Waals surface area contributed by atoms with Gasteiger partial charge in [0.25, 0.3) is 0 Å². The molecule has 0 spiro atoms. The number of nitrogens with one attached hydrogen (secondary N) is 1. The van der Waals surface area contributed by atoms with Crippen molar-refractivity contribution in [1.29, 1.82) is 0 Å². The molecular formula is C20H19F2NO3S. The summed E-state index contributed by atoms with van der Waals surface area (Å²) in [6.07, 6.45) is 0.609.